The van der Waals surface area contributed by atoms with Crippen molar-refractivity contribution in [2.24, 2.45) is 0 Å². The third kappa shape index (κ3) is 11.0. The zero-order valence-electron chi connectivity index (χ0n) is 14.3. The number of nitrogens with zero attached hydrogens (tertiary/aromatic N) is 1. The summed E-state index contributed by atoms with van der Waals surface area (Å²) in [6.45, 7) is 9.75. The molecule has 0 aliphatic carbocycles. The van der Waals surface area contributed by atoms with Crippen LogP contribution in [0, 0.1) is 18.3 Å². The standard InChI is InChI=1S/C8H7F3.C7H5N.2C2H6/c1-6-2-4-7(5-3-6)8(9,10)11;8-6-7-4-2-1-3-5-7;2*1-2/h2-5H,1H3;1-5H;2*1-2H3. The summed E-state index contributed by atoms with van der Waals surface area (Å²) in [6, 6.07) is 16.2. The molecule has 2 rings (SSSR count). The molecule has 0 bridgehead atoms. The zero-order valence-corrected chi connectivity index (χ0v) is 14.3. The second-order valence-electron chi connectivity index (χ2n) is 3.84. The van der Waals surface area contributed by atoms with E-state index in [2.05, 4.69) is 0 Å². The number of hydrogen-bond acceptors (Lipinski definition) is 1. The Labute approximate surface area is 137 Å². The molecular formula is C19H24F3N. The van der Waals surface area contributed by atoms with Gasteiger partial charge in [-0.2, -0.15) is 18.4 Å². The van der Waals surface area contributed by atoms with E-state index in [-0.39, 0.29) is 0 Å². The third-order valence-corrected chi connectivity index (χ3v) is 2.28. The number of rotatable bonds is 0. The Kier molecular flexibility index (Phi) is 13.4. The molecule has 23 heavy (non-hydrogen) atoms. The summed E-state index contributed by atoms with van der Waals surface area (Å²) >= 11 is 0. The Morgan fingerprint density at radius 3 is 1.52 bits per heavy atom. The molecule has 2 aromatic carbocycles. The predicted octanol–water partition coefficient (Wildman–Crippen LogP) is 6.62. The summed E-state index contributed by atoms with van der Waals surface area (Å²) in [5, 5.41) is 8.29. The van der Waals surface area contributed by atoms with Gasteiger partial charge in [-0.25, -0.2) is 0 Å². The highest BCUT2D eigenvalue weighted by Crippen LogP contribution is 2.28. The van der Waals surface area contributed by atoms with E-state index in [4.69, 9.17) is 5.26 Å². The highest BCUT2D eigenvalue weighted by atomic mass is 19.4. The van der Waals surface area contributed by atoms with Crippen molar-refractivity contribution in [1.82, 2.24) is 0 Å². The van der Waals surface area contributed by atoms with Gasteiger partial charge in [0.15, 0.2) is 0 Å². The van der Waals surface area contributed by atoms with Crippen molar-refractivity contribution in [2.75, 3.05) is 0 Å². The molecule has 0 aliphatic rings. The fourth-order valence-corrected chi connectivity index (χ4v) is 1.26. The van der Waals surface area contributed by atoms with E-state index >= 15 is 0 Å². The smallest absolute Gasteiger partial charge is 0.192 e. The summed E-state index contributed by atoms with van der Waals surface area (Å²) in [5.74, 6) is 0. The summed E-state index contributed by atoms with van der Waals surface area (Å²) in [7, 11) is 0. The molecule has 0 spiro atoms. The summed E-state index contributed by atoms with van der Waals surface area (Å²) in [5.41, 5.74) is 0.952. The quantitative estimate of drug-likeness (QED) is 0.534. The zero-order chi connectivity index (χ0) is 18.3. The van der Waals surface area contributed by atoms with Gasteiger partial charge in [0.1, 0.15) is 0 Å². The first-order valence-electron chi connectivity index (χ1n) is 7.52. The molecule has 0 fully saturated rings. The van der Waals surface area contributed by atoms with Crippen molar-refractivity contribution in [3.05, 3.63) is 71.3 Å². The molecule has 0 saturated carbocycles. The lowest BCUT2D eigenvalue weighted by molar-refractivity contribution is -0.137. The van der Waals surface area contributed by atoms with Crippen molar-refractivity contribution in [1.29, 1.82) is 5.26 Å². The topological polar surface area (TPSA) is 23.8 Å². The molecule has 0 saturated heterocycles. The van der Waals surface area contributed by atoms with Crippen LogP contribution in [0.2, 0.25) is 0 Å². The van der Waals surface area contributed by atoms with Crippen molar-refractivity contribution >= 4 is 0 Å². The Morgan fingerprint density at radius 1 is 0.783 bits per heavy atom. The molecule has 0 radical (unpaired) electrons. The van der Waals surface area contributed by atoms with Gasteiger partial charge in [0.25, 0.3) is 0 Å². The van der Waals surface area contributed by atoms with Crippen molar-refractivity contribution in [3.63, 3.8) is 0 Å². The van der Waals surface area contributed by atoms with Gasteiger partial charge in [-0.15, -0.1) is 0 Å². The summed E-state index contributed by atoms with van der Waals surface area (Å²) < 4.78 is 35.8. The molecule has 0 heterocycles. The first-order chi connectivity index (χ1) is 10.9. The van der Waals surface area contributed by atoms with Crippen molar-refractivity contribution in [2.45, 2.75) is 40.8 Å². The SMILES string of the molecule is CC.CC.Cc1ccc(C(F)(F)F)cc1.N#Cc1ccccc1. The average molecular weight is 323 g/mol. The Hall–Kier alpha value is -2.28. The molecule has 1 nitrogen and oxygen atoms in total. The fraction of sp³-hybridized carbons (Fsp3) is 0.316. The van der Waals surface area contributed by atoms with Gasteiger partial charge in [0.05, 0.1) is 17.2 Å². The van der Waals surface area contributed by atoms with Gasteiger partial charge in [0.2, 0.25) is 0 Å². The van der Waals surface area contributed by atoms with E-state index in [9.17, 15) is 13.2 Å². The molecule has 0 atom stereocenters. The molecule has 126 valence electrons. The van der Waals surface area contributed by atoms with E-state index in [1.54, 1.807) is 19.1 Å². The predicted molar refractivity (Wildman–Crippen MR) is 90.0 cm³/mol. The van der Waals surface area contributed by atoms with E-state index in [0.717, 1.165) is 17.7 Å². The van der Waals surface area contributed by atoms with E-state index in [1.807, 2.05) is 52.0 Å². The normalized spacial score (nSPS) is 8.83. The molecular weight excluding hydrogens is 299 g/mol. The minimum atomic E-state index is -4.21. The first-order valence-corrected chi connectivity index (χ1v) is 7.52. The van der Waals surface area contributed by atoms with Crippen LogP contribution in [0.5, 0.6) is 0 Å². The Bertz CT molecular complexity index is 538. The number of nitriles is 1. The van der Waals surface area contributed by atoms with Crippen LogP contribution in [-0.4, -0.2) is 0 Å². The van der Waals surface area contributed by atoms with Crippen LogP contribution in [0.3, 0.4) is 0 Å². The molecule has 2 aromatic rings. The minimum Gasteiger partial charge on any atom is -0.192 e. The lowest BCUT2D eigenvalue weighted by Gasteiger charge is -2.05. The highest BCUT2D eigenvalue weighted by Gasteiger charge is 2.29. The van der Waals surface area contributed by atoms with Crippen LogP contribution >= 0.6 is 0 Å². The molecule has 4 heteroatoms. The van der Waals surface area contributed by atoms with Crippen LogP contribution < -0.4 is 0 Å². The Morgan fingerprint density at radius 2 is 1.22 bits per heavy atom. The average Bonchev–Trinajstić information content (AvgIpc) is 2.59. The van der Waals surface area contributed by atoms with Gasteiger partial charge >= 0.3 is 6.18 Å². The maximum absolute atomic E-state index is 11.9. The summed E-state index contributed by atoms with van der Waals surface area (Å²) in [4.78, 5) is 0. The van der Waals surface area contributed by atoms with E-state index in [0.29, 0.717) is 5.56 Å². The lowest BCUT2D eigenvalue weighted by Crippen LogP contribution is -2.03. The molecule has 0 amide bonds. The second-order valence-corrected chi connectivity index (χ2v) is 3.84. The van der Waals surface area contributed by atoms with Crippen molar-refractivity contribution < 1.29 is 13.2 Å². The first kappa shape index (κ1) is 23.0. The monoisotopic (exact) mass is 323 g/mol. The second kappa shape index (κ2) is 13.4. The maximum atomic E-state index is 11.9. The number of benzene rings is 2. The molecule has 0 N–H and O–H groups in total. The van der Waals surface area contributed by atoms with Gasteiger partial charge in [-0.05, 0) is 31.2 Å². The maximum Gasteiger partial charge on any atom is 0.416 e. The van der Waals surface area contributed by atoms with E-state index < -0.39 is 11.7 Å². The van der Waals surface area contributed by atoms with Gasteiger partial charge in [0, 0.05) is 0 Å². The van der Waals surface area contributed by atoms with Crippen LogP contribution in [0.4, 0.5) is 13.2 Å². The number of hydrogen-bond donors (Lipinski definition) is 0. The van der Waals surface area contributed by atoms with Crippen LogP contribution in [0.1, 0.15) is 44.4 Å². The number of alkyl halides is 3. The van der Waals surface area contributed by atoms with Crippen LogP contribution in [-0.2, 0) is 6.18 Å². The van der Waals surface area contributed by atoms with E-state index in [1.165, 1.54) is 12.1 Å². The van der Waals surface area contributed by atoms with Gasteiger partial charge in [-0.3, -0.25) is 0 Å². The highest BCUT2D eigenvalue weighted by molar-refractivity contribution is 5.27. The van der Waals surface area contributed by atoms with Gasteiger partial charge in [-0.1, -0.05) is 63.6 Å². The van der Waals surface area contributed by atoms with Crippen molar-refractivity contribution in [3.8, 4) is 6.07 Å². The largest absolute Gasteiger partial charge is 0.416 e. The Balaban J connectivity index is 0. The molecule has 0 unspecified atom stereocenters. The fourth-order valence-electron chi connectivity index (χ4n) is 1.26. The number of halogens is 3. The van der Waals surface area contributed by atoms with Gasteiger partial charge < -0.3 is 0 Å². The van der Waals surface area contributed by atoms with Crippen LogP contribution in [0.15, 0.2) is 54.6 Å². The van der Waals surface area contributed by atoms with Crippen LogP contribution in [0.25, 0.3) is 0 Å². The molecule has 0 aliphatic heterocycles. The lowest BCUT2D eigenvalue weighted by atomic mass is 10.1. The third-order valence-electron chi connectivity index (χ3n) is 2.28. The number of aryl methyl sites for hydroxylation is 1. The summed E-state index contributed by atoms with van der Waals surface area (Å²) in [6.07, 6.45) is -4.21. The minimum absolute atomic E-state index is 0.594. The molecule has 0 aromatic heterocycles.